The number of rotatable bonds is 12. The zero-order valence-electron chi connectivity index (χ0n) is 15.0. The van der Waals surface area contributed by atoms with Crippen LogP contribution >= 0.6 is 0 Å². The average molecular weight is 291 g/mol. The van der Waals surface area contributed by atoms with E-state index in [9.17, 15) is 0 Å². The van der Waals surface area contributed by atoms with Gasteiger partial charge in [0.25, 0.3) is 0 Å². The van der Waals surface area contributed by atoms with Crippen molar-refractivity contribution in [1.29, 1.82) is 0 Å². The Morgan fingerprint density at radius 3 is 2.05 bits per heavy atom. The van der Waals surface area contributed by atoms with E-state index < -0.39 is 0 Å². The minimum absolute atomic E-state index is 0.837. The molecule has 0 aliphatic heterocycles. The Morgan fingerprint density at radius 1 is 0.857 bits per heavy atom. The van der Waals surface area contributed by atoms with E-state index in [1.807, 2.05) is 0 Å². The highest BCUT2D eigenvalue weighted by atomic mass is 14.3. The van der Waals surface area contributed by atoms with Gasteiger partial charge < -0.3 is 0 Å². The zero-order chi connectivity index (χ0) is 15.7. The smallest absolute Gasteiger partial charge is 0.00861 e. The summed E-state index contributed by atoms with van der Waals surface area (Å²) < 4.78 is 0. The Bertz CT molecular complexity index is 294. The molecule has 1 aliphatic rings. The Labute approximate surface area is 134 Å². The van der Waals surface area contributed by atoms with Crippen LogP contribution in [0.15, 0.2) is 0 Å². The molecule has 1 saturated carbocycles. The Kier molecular flexibility index (Phi) is 9.14. The van der Waals surface area contributed by atoms with Crippen LogP contribution in [0.5, 0.6) is 0 Å². The molecule has 0 spiro atoms. The summed E-state index contributed by atoms with van der Waals surface area (Å²) in [6, 6.07) is 0. The fraction of sp³-hybridized carbons (Fsp3) is 0.905. The van der Waals surface area contributed by atoms with Crippen molar-refractivity contribution in [1.82, 2.24) is 0 Å². The van der Waals surface area contributed by atoms with Crippen LogP contribution in [0.3, 0.4) is 0 Å². The van der Waals surface area contributed by atoms with Gasteiger partial charge in [-0.2, -0.15) is 0 Å². The van der Waals surface area contributed by atoms with Gasteiger partial charge in [0.2, 0.25) is 0 Å². The van der Waals surface area contributed by atoms with Gasteiger partial charge in [0.1, 0.15) is 0 Å². The molecule has 0 bridgehead atoms. The summed E-state index contributed by atoms with van der Waals surface area (Å²) in [5.74, 6) is 7.45. The van der Waals surface area contributed by atoms with Crippen LogP contribution in [-0.4, -0.2) is 0 Å². The first-order valence-corrected chi connectivity index (χ1v) is 9.48. The van der Waals surface area contributed by atoms with Crippen LogP contribution in [0.1, 0.15) is 91.9 Å². The summed E-state index contributed by atoms with van der Waals surface area (Å²) in [4.78, 5) is 0. The third kappa shape index (κ3) is 8.55. The molecule has 0 heteroatoms. The Hall–Kier alpha value is -0.440. The van der Waals surface area contributed by atoms with Gasteiger partial charge in [0.15, 0.2) is 0 Å². The minimum atomic E-state index is 0.837. The lowest BCUT2D eigenvalue weighted by Gasteiger charge is -2.21. The molecular weight excluding hydrogens is 252 g/mol. The second-order valence-corrected chi connectivity index (χ2v) is 7.98. The molecule has 0 amide bonds. The van der Waals surface area contributed by atoms with E-state index in [1.165, 1.54) is 57.8 Å². The first-order chi connectivity index (χ1) is 10.0. The van der Waals surface area contributed by atoms with E-state index in [0.717, 1.165) is 36.0 Å². The molecule has 4 unspecified atom stereocenters. The van der Waals surface area contributed by atoms with Crippen molar-refractivity contribution in [2.45, 2.75) is 91.9 Å². The van der Waals surface area contributed by atoms with Gasteiger partial charge in [0, 0.05) is 6.42 Å². The van der Waals surface area contributed by atoms with Crippen molar-refractivity contribution < 1.29 is 0 Å². The summed E-state index contributed by atoms with van der Waals surface area (Å²) in [7, 11) is 0. The molecule has 0 aromatic heterocycles. The number of unbranched alkanes of at least 4 members (excludes halogenated alkanes) is 1. The number of hydrogen-bond donors (Lipinski definition) is 0. The summed E-state index contributed by atoms with van der Waals surface area (Å²) >= 11 is 0. The van der Waals surface area contributed by atoms with Gasteiger partial charge in [-0.3, -0.25) is 0 Å². The van der Waals surface area contributed by atoms with E-state index in [1.54, 1.807) is 0 Å². The molecule has 0 N–H and O–H groups in total. The molecule has 21 heavy (non-hydrogen) atoms. The molecule has 0 aromatic carbocycles. The van der Waals surface area contributed by atoms with Crippen molar-refractivity contribution in [2.24, 2.45) is 29.6 Å². The summed E-state index contributed by atoms with van der Waals surface area (Å²) in [5, 5.41) is 0. The van der Waals surface area contributed by atoms with Crippen molar-refractivity contribution in [3.05, 3.63) is 0 Å². The highest BCUT2D eigenvalue weighted by molar-refractivity contribution is 4.83. The van der Waals surface area contributed by atoms with Crippen molar-refractivity contribution in [3.63, 3.8) is 0 Å². The molecule has 4 atom stereocenters. The third-order valence-electron chi connectivity index (χ3n) is 5.85. The first kappa shape index (κ1) is 18.6. The van der Waals surface area contributed by atoms with Crippen LogP contribution in [0.2, 0.25) is 0 Å². The number of terminal acetylenes is 1. The number of hydrogen-bond acceptors (Lipinski definition) is 0. The van der Waals surface area contributed by atoms with E-state index in [0.29, 0.717) is 0 Å². The predicted molar refractivity (Wildman–Crippen MR) is 95.1 cm³/mol. The van der Waals surface area contributed by atoms with Crippen LogP contribution in [0.4, 0.5) is 0 Å². The topological polar surface area (TPSA) is 0 Å². The van der Waals surface area contributed by atoms with Crippen LogP contribution in [0.25, 0.3) is 0 Å². The lowest BCUT2D eigenvalue weighted by Crippen LogP contribution is -2.09. The average Bonchev–Trinajstić information content (AvgIpc) is 3.29. The predicted octanol–water partition coefficient (Wildman–Crippen LogP) is 6.69. The van der Waals surface area contributed by atoms with Crippen LogP contribution in [-0.2, 0) is 0 Å². The van der Waals surface area contributed by atoms with Crippen molar-refractivity contribution >= 4 is 0 Å². The van der Waals surface area contributed by atoms with Gasteiger partial charge in [-0.25, -0.2) is 0 Å². The summed E-state index contributed by atoms with van der Waals surface area (Å²) in [6.45, 7) is 9.76. The minimum Gasteiger partial charge on any atom is -0.120 e. The lowest BCUT2D eigenvalue weighted by atomic mass is 9.85. The maximum Gasteiger partial charge on any atom is 0.00861 e. The highest BCUT2D eigenvalue weighted by Gasteiger charge is 2.27. The highest BCUT2D eigenvalue weighted by Crippen LogP contribution is 2.39. The molecule has 0 aromatic rings. The summed E-state index contributed by atoms with van der Waals surface area (Å²) in [5.41, 5.74) is 0. The maximum atomic E-state index is 5.33. The Morgan fingerprint density at radius 2 is 1.48 bits per heavy atom. The third-order valence-corrected chi connectivity index (χ3v) is 5.85. The maximum absolute atomic E-state index is 5.33. The fourth-order valence-corrected chi connectivity index (χ4v) is 3.48. The fourth-order valence-electron chi connectivity index (χ4n) is 3.48. The molecule has 122 valence electrons. The van der Waals surface area contributed by atoms with E-state index in [-0.39, 0.29) is 0 Å². The van der Waals surface area contributed by atoms with Gasteiger partial charge in [-0.05, 0) is 55.3 Å². The van der Waals surface area contributed by atoms with E-state index in [2.05, 4.69) is 33.6 Å². The molecule has 0 radical (unpaired) electrons. The van der Waals surface area contributed by atoms with Gasteiger partial charge >= 0.3 is 0 Å². The first-order valence-electron chi connectivity index (χ1n) is 9.48. The van der Waals surface area contributed by atoms with Gasteiger partial charge in [0.05, 0.1) is 0 Å². The molecule has 1 fully saturated rings. The van der Waals surface area contributed by atoms with Crippen molar-refractivity contribution in [2.75, 3.05) is 0 Å². The molecule has 0 saturated heterocycles. The molecule has 0 heterocycles. The lowest BCUT2D eigenvalue weighted by molar-refractivity contribution is 0.312. The summed E-state index contributed by atoms with van der Waals surface area (Å²) in [6.07, 6.45) is 19.0. The second kappa shape index (κ2) is 10.3. The zero-order valence-corrected chi connectivity index (χ0v) is 15.0. The van der Waals surface area contributed by atoms with E-state index >= 15 is 0 Å². The quantitative estimate of drug-likeness (QED) is 0.277. The Balaban J connectivity index is 2.01. The molecular formula is C21H38. The molecule has 1 aliphatic carbocycles. The molecule has 1 rings (SSSR count). The van der Waals surface area contributed by atoms with Gasteiger partial charge in [-0.1, -0.05) is 59.8 Å². The van der Waals surface area contributed by atoms with Crippen LogP contribution < -0.4 is 0 Å². The van der Waals surface area contributed by atoms with Crippen molar-refractivity contribution in [3.8, 4) is 12.3 Å². The van der Waals surface area contributed by atoms with Gasteiger partial charge in [-0.15, -0.1) is 12.3 Å². The van der Waals surface area contributed by atoms with E-state index in [4.69, 9.17) is 6.42 Å². The molecule has 0 nitrogen and oxygen atoms in total. The monoisotopic (exact) mass is 290 g/mol. The van der Waals surface area contributed by atoms with Crippen LogP contribution in [0, 0.1) is 41.9 Å². The standard InChI is InChI=1S/C21H38/c1-6-7-8-11-18(3)19(4)12-9-10-17(2)13-14-20(5)21-15-16-21/h1,17-21H,7-16H2,2-5H3. The second-order valence-electron chi connectivity index (χ2n) is 7.98. The largest absolute Gasteiger partial charge is 0.120 e. The normalized spacial score (nSPS) is 20.5. The SMILES string of the molecule is C#CCCCC(C)C(C)CCCC(C)CCC(C)C1CC1.